The first kappa shape index (κ1) is 42.6. The van der Waals surface area contributed by atoms with Crippen molar-refractivity contribution in [2.24, 2.45) is 5.41 Å². The second-order valence-electron chi connectivity index (χ2n) is 16.5. The van der Waals surface area contributed by atoms with Crippen LogP contribution in [0.1, 0.15) is 105 Å². The Hall–Kier alpha value is -5.19. The molecule has 3 aromatic rings. The molecule has 0 aliphatic carbocycles. The highest BCUT2D eigenvalue weighted by atomic mass is 16.5. The third kappa shape index (κ3) is 9.74. The number of Topliss-reactive ketones (excluding diaryl/α,β-unsaturated/α-hetero) is 1. The molecular formula is C44H58N4O7. The zero-order chi connectivity index (χ0) is 40.9. The molecule has 0 radical (unpaired) electrons. The molecule has 296 valence electrons. The zero-order valence-corrected chi connectivity index (χ0v) is 34.3. The standard InChI is InChI=1S/C44H58N4O7/c1-12-33(55-34-22-20-29(43(7,8)13-2)24-31(34)44(9,10)14-3)39(51)45-30-21-23-35(54-11)32(25-30)46-40(52)37(38(50)42(4,5)6)48-36(49)27-47(41(48)53)26-28-18-16-15-17-19-28/h15-25,33,37H,12-14,26-27H2,1-11H3,(H,45,51)(H,46,52). The molecule has 11 heteroatoms. The molecule has 0 spiro atoms. The van der Waals surface area contributed by atoms with Crippen LogP contribution >= 0.6 is 0 Å². The molecule has 4 rings (SSSR count). The third-order valence-corrected chi connectivity index (χ3v) is 10.7. The Morgan fingerprint density at radius 2 is 1.42 bits per heavy atom. The van der Waals surface area contributed by atoms with E-state index in [-0.39, 0.29) is 35.4 Å². The minimum absolute atomic E-state index is 0.0254. The maximum absolute atomic E-state index is 14.1. The summed E-state index contributed by atoms with van der Waals surface area (Å²) in [6, 6.07) is 17.6. The molecule has 2 atom stereocenters. The fraction of sp³-hybridized carbons (Fsp3) is 0.477. The second kappa shape index (κ2) is 17.1. The van der Waals surface area contributed by atoms with Crippen molar-refractivity contribution in [1.82, 2.24) is 9.80 Å². The number of amides is 5. The van der Waals surface area contributed by atoms with Gasteiger partial charge in [0.15, 0.2) is 17.9 Å². The van der Waals surface area contributed by atoms with Crippen LogP contribution in [0.25, 0.3) is 0 Å². The summed E-state index contributed by atoms with van der Waals surface area (Å²) in [6.45, 7) is 19.7. The summed E-state index contributed by atoms with van der Waals surface area (Å²) >= 11 is 0. The van der Waals surface area contributed by atoms with Crippen molar-refractivity contribution in [2.75, 3.05) is 24.3 Å². The number of nitrogens with zero attached hydrogens (tertiary/aromatic N) is 2. The molecule has 1 aliphatic heterocycles. The number of hydrogen-bond acceptors (Lipinski definition) is 7. The second-order valence-corrected chi connectivity index (χ2v) is 16.5. The molecule has 0 saturated carbocycles. The molecule has 5 amide bonds. The molecule has 55 heavy (non-hydrogen) atoms. The van der Waals surface area contributed by atoms with Crippen molar-refractivity contribution < 1.29 is 33.4 Å². The number of urea groups is 1. The lowest BCUT2D eigenvalue weighted by Crippen LogP contribution is -2.55. The first-order valence-corrected chi connectivity index (χ1v) is 19.1. The van der Waals surface area contributed by atoms with Crippen LogP contribution in [0.3, 0.4) is 0 Å². The Morgan fingerprint density at radius 1 is 0.782 bits per heavy atom. The van der Waals surface area contributed by atoms with Crippen LogP contribution < -0.4 is 20.1 Å². The summed E-state index contributed by atoms with van der Waals surface area (Å²) < 4.78 is 12.0. The monoisotopic (exact) mass is 754 g/mol. The predicted octanol–water partition coefficient (Wildman–Crippen LogP) is 8.25. The smallest absolute Gasteiger partial charge is 0.328 e. The van der Waals surface area contributed by atoms with E-state index in [0.29, 0.717) is 17.9 Å². The first-order chi connectivity index (χ1) is 25.8. The summed E-state index contributed by atoms with van der Waals surface area (Å²) in [7, 11) is 1.42. The molecule has 1 aliphatic rings. The molecule has 1 saturated heterocycles. The van der Waals surface area contributed by atoms with Gasteiger partial charge in [-0.2, -0.15) is 0 Å². The molecular weight excluding hydrogens is 697 g/mol. The van der Waals surface area contributed by atoms with Crippen LogP contribution in [0.4, 0.5) is 16.2 Å². The number of hydrogen-bond donors (Lipinski definition) is 2. The van der Waals surface area contributed by atoms with E-state index in [2.05, 4.69) is 64.3 Å². The van der Waals surface area contributed by atoms with Crippen LogP contribution in [0.2, 0.25) is 0 Å². The van der Waals surface area contributed by atoms with Crippen LogP contribution in [-0.2, 0) is 36.6 Å². The van der Waals surface area contributed by atoms with Gasteiger partial charge in [-0.1, -0.05) is 112 Å². The number of anilines is 2. The van der Waals surface area contributed by atoms with Crippen LogP contribution in [0.15, 0.2) is 66.7 Å². The number of nitrogens with one attached hydrogen (secondary N) is 2. The summed E-state index contributed by atoms with van der Waals surface area (Å²) in [5, 5.41) is 5.62. The molecule has 0 bridgehead atoms. The SMILES string of the molecule is CCC(Oc1ccc(C(C)(C)CC)cc1C(C)(C)CC)C(=O)Nc1ccc(OC)c(NC(=O)C(C(=O)C(C)(C)C)N2C(=O)CN(Cc3ccccc3)C2=O)c1. The van der Waals surface area contributed by atoms with E-state index in [0.717, 1.165) is 28.9 Å². The maximum atomic E-state index is 14.1. The van der Waals surface area contributed by atoms with Crippen LogP contribution in [0.5, 0.6) is 11.5 Å². The van der Waals surface area contributed by atoms with Crippen molar-refractivity contribution in [2.45, 2.75) is 118 Å². The van der Waals surface area contributed by atoms with Gasteiger partial charge >= 0.3 is 6.03 Å². The third-order valence-electron chi connectivity index (χ3n) is 10.7. The molecule has 0 aromatic heterocycles. The van der Waals surface area contributed by atoms with Gasteiger partial charge < -0.3 is 25.0 Å². The van der Waals surface area contributed by atoms with E-state index in [4.69, 9.17) is 9.47 Å². The average molecular weight is 755 g/mol. The maximum Gasteiger partial charge on any atom is 0.328 e. The highest BCUT2D eigenvalue weighted by Crippen LogP contribution is 2.39. The van der Waals surface area contributed by atoms with Crippen molar-refractivity contribution >= 4 is 40.9 Å². The van der Waals surface area contributed by atoms with Crippen LogP contribution in [0, 0.1) is 5.41 Å². The number of ketones is 1. The van der Waals surface area contributed by atoms with E-state index in [1.807, 2.05) is 43.3 Å². The fourth-order valence-electron chi connectivity index (χ4n) is 6.27. The quantitative estimate of drug-likeness (QED) is 0.111. The van der Waals surface area contributed by atoms with Gasteiger partial charge in [0.2, 0.25) is 0 Å². The number of benzene rings is 3. The Bertz CT molecular complexity index is 1900. The van der Waals surface area contributed by atoms with E-state index in [9.17, 15) is 24.0 Å². The molecule has 2 unspecified atom stereocenters. The van der Waals surface area contributed by atoms with Gasteiger partial charge in [-0.3, -0.25) is 19.2 Å². The molecule has 1 heterocycles. The molecule has 1 fully saturated rings. The van der Waals surface area contributed by atoms with Gasteiger partial charge in [-0.15, -0.1) is 0 Å². The van der Waals surface area contributed by atoms with Crippen molar-refractivity contribution in [3.63, 3.8) is 0 Å². The predicted molar refractivity (Wildman–Crippen MR) is 215 cm³/mol. The normalized spacial score (nSPS) is 14.7. The minimum atomic E-state index is -1.75. The summed E-state index contributed by atoms with van der Waals surface area (Å²) in [5.74, 6) is -1.67. The first-order valence-electron chi connectivity index (χ1n) is 19.1. The largest absolute Gasteiger partial charge is 0.495 e. The topological polar surface area (TPSA) is 134 Å². The average Bonchev–Trinajstić information content (AvgIpc) is 3.41. The Labute approximate surface area is 326 Å². The zero-order valence-electron chi connectivity index (χ0n) is 34.3. The minimum Gasteiger partial charge on any atom is -0.495 e. The lowest BCUT2D eigenvalue weighted by Gasteiger charge is -2.31. The summed E-state index contributed by atoms with van der Waals surface area (Å²) in [5.41, 5.74) is 2.19. The van der Waals surface area contributed by atoms with E-state index in [1.54, 1.807) is 32.9 Å². The molecule has 11 nitrogen and oxygen atoms in total. The number of carbonyl (C=O) groups is 5. The van der Waals surface area contributed by atoms with Gasteiger partial charge in [0.25, 0.3) is 17.7 Å². The number of imide groups is 1. The highest BCUT2D eigenvalue weighted by molar-refractivity contribution is 6.19. The van der Waals surface area contributed by atoms with Gasteiger partial charge in [-0.25, -0.2) is 9.69 Å². The van der Waals surface area contributed by atoms with E-state index >= 15 is 0 Å². The lowest BCUT2D eigenvalue weighted by molar-refractivity contribution is -0.143. The van der Waals surface area contributed by atoms with Gasteiger partial charge in [0.1, 0.15) is 18.0 Å². The van der Waals surface area contributed by atoms with E-state index < -0.39 is 47.1 Å². The van der Waals surface area contributed by atoms with Crippen molar-refractivity contribution in [3.05, 3.63) is 83.4 Å². The van der Waals surface area contributed by atoms with Crippen molar-refractivity contribution in [3.8, 4) is 11.5 Å². The Morgan fingerprint density at radius 3 is 2.00 bits per heavy atom. The van der Waals surface area contributed by atoms with E-state index in [1.165, 1.54) is 23.6 Å². The Balaban J connectivity index is 1.60. The number of ether oxygens (including phenoxy) is 2. The van der Waals surface area contributed by atoms with Gasteiger partial charge in [0, 0.05) is 23.2 Å². The number of carbonyl (C=O) groups excluding carboxylic acids is 5. The summed E-state index contributed by atoms with van der Waals surface area (Å²) in [6.07, 6.45) is 1.39. The summed E-state index contributed by atoms with van der Waals surface area (Å²) in [4.78, 5) is 70.7. The molecule has 2 N–H and O–H groups in total. The number of rotatable bonds is 16. The van der Waals surface area contributed by atoms with Gasteiger partial charge in [0.05, 0.1) is 12.8 Å². The molecule has 3 aromatic carbocycles. The lowest BCUT2D eigenvalue weighted by atomic mass is 9.76. The fourth-order valence-corrected chi connectivity index (χ4v) is 6.27. The number of methoxy groups -OCH3 is 1. The van der Waals surface area contributed by atoms with Crippen LogP contribution in [-0.4, -0.2) is 65.1 Å². The Kier molecular flexibility index (Phi) is 13.2. The highest BCUT2D eigenvalue weighted by Gasteiger charge is 2.49. The van der Waals surface area contributed by atoms with Crippen molar-refractivity contribution in [1.29, 1.82) is 0 Å². The van der Waals surface area contributed by atoms with Gasteiger partial charge in [-0.05, 0) is 65.5 Å².